The smallest absolute Gasteiger partial charge is 0.0175 e. The van der Waals surface area contributed by atoms with Gasteiger partial charge >= 0.3 is 0 Å². The van der Waals surface area contributed by atoms with Gasteiger partial charge in [0.05, 0.1) is 0 Å². The van der Waals surface area contributed by atoms with Gasteiger partial charge in [-0.3, -0.25) is 0 Å². The first-order chi connectivity index (χ1) is 8.58. The van der Waals surface area contributed by atoms with E-state index >= 15 is 0 Å². The molecule has 0 nitrogen and oxygen atoms in total. The molecule has 0 amide bonds. The molecule has 0 N–H and O–H groups in total. The van der Waals surface area contributed by atoms with Gasteiger partial charge in [0.15, 0.2) is 0 Å². The molecule has 0 unspecified atom stereocenters. The summed E-state index contributed by atoms with van der Waals surface area (Å²) in [5.41, 5.74) is 5.54. The van der Waals surface area contributed by atoms with E-state index in [9.17, 15) is 0 Å². The molecular formula is C17H24S. The molecule has 0 atom stereocenters. The lowest BCUT2D eigenvalue weighted by Crippen LogP contribution is -1.85. The maximum atomic E-state index is 2.27. The lowest BCUT2D eigenvalue weighted by Gasteiger charge is -2.09. The van der Waals surface area contributed by atoms with Crippen molar-refractivity contribution in [3.8, 4) is 0 Å². The fourth-order valence-electron chi connectivity index (χ4n) is 1.61. The average Bonchev–Trinajstić information content (AvgIpc) is 2.39. The van der Waals surface area contributed by atoms with Gasteiger partial charge in [0.2, 0.25) is 0 Å². The second kappa shape index (κ2) is 7.48. The van der Waals surface area contributed by atoms with Crippen LogP contribution >= 0.6 is 11.8 Å². The second-order valence-electron chi connectivity index (χ2n) is 4.82. The van der Waals surface area contributed by atoms with E-state index in [0.717, 1.165) is 12.8 Å². The molecule has 0 aliphatic rings. The van der Waals surface area contributed by atoms with Gasteiger partial charge in [-0.2, -0.15) is 0 Å². The number of hydrogen-bond acceptors (Lipinski definition) is 1. The maximum Gasteiger partial charge on any atom is 0.0175 e. The highest BCUT2D eigenvalue weighted by Gasteiger charge is 2.03. The first-order valence-corrected chi connectivity index (χ1v) is 7.55. The molecule has 0 fully saturated rings. The molecule has 1 heteroatoms. The Bertz CT molecular complexity index is 431. The summed E-state index contributed by atoms with van der Waals surface area (Å²) in [5, 5.41) is 2.27. The van der Waals surface area contributed by atoms with Crippen molar-refractivity contribution >= 4 is 16.7 Å². The van der Waals surface area contributed by atoms with Gasteiger partial charge < -0.3 is 0 Å². The second-order valence-corrected chi connectivity index (χ2v) is 5.69. The summed E-state index contributed by atoms with van der Waals surface area (Å²) >= 11 is 1.85. The molecule has 0 aliphatic carbocycles. The van der Waals surface area contributed by atoms with E-state index < -0.39 is 0 Å². The van der Waals surface area contributed by atoms with Crippen LogP contribution in [-0.2, 0) is 6.42 Å². The van der Waals surface area contributed by atoms with Crippen molar-refractivity contribution in [2.75, 3.05) is 0 Å². The van der Waals surface area contributed by atoms with Crippen molar-refractivity contribution in [1.82, 2.24) is 0 Å². The number of thioether (sulfide) groups is 1. The highest BCUT2D eigenvalue weighted by atomic mass is 32.2. The molecule has 0 bridgehead atoms. The Morgan fingerprint density at radius 1 is 1.06 bits per heavy atom. The van der Waals surface area contributed by atoms with Crippen molar-refractivity contribution in [2.24, 2.45) is 0 Å². The van der Waals surface area contributed by atoms with Crippen LogP contribution in [0.4, 0.5) is 0 Å². The van der Waals surface area contributed by atoms with Crippen LogP contribution < -0.4 is 0 Å². The summed E-state index contributed by atoms with van der Waals surface area (Å²) in [6.45, 7) is 11.0. The highest BCUT2D eigenvalue weighted by molar-refractivity contribution is 8.11. The van der Waals surface area contributed by atoms with Gasteiger partial charge in [0.1, 0.15) is 0 Å². The summed E-state index contributed by atoms with van der Waals surface area (Å²) in [7, 11) is 0. The average molecular weight is 260 g/mol. The number of rotatable bonds is 5. The van der Waals surface area contributed by atoms with Crippen LogP contribution in [0.3, 0.4) is 0 Å². The highest BCUT2D eigenvalue weighted by Crippen LogP contribution is 2.32. The van der Waals surface area contributed by atoms with Crippen molar-refractivity contribution < 1.29 is 0 Å². The molecular weight excluding hydrogens is 236 g/mol. The molecule has 0 radical (unpaired) electrons. The normalized spacial score (nSPS) is 11.5. The first-order valence-electron chi connectivity index (χ1n) is 6.67. The van der Waals surface area contributed by atoms with E-state index in [2.05, 4.69) is 64.3 Å². The Balaban J connectivity index is 2.96. The number of hydrogen-bond donors (Lipinski definition) is 0. The van der Waals surface area contributed by atoms with Crippen LogP contribution in [0.2, 0.25) is 0 Å². The van der Waals surface area contributed by atoms with Gasteiger partial charge in [-0.05, 0) is 50.1 Å². The fraction of sp³-hybridized carbons (Fsp3) is 0.412. The molecule has 0 spiro atoms. The largest absolute Gasteiger partial charge is 0.0976 e. The zero-order valence-electron chi connectivity index (χ0n) is 12.2. The van der Waals surface area contributed by atoms with E-state index in [1.54, 1.807) is 0 Å². The molecule has 1 aromatic carbocycles. The molecule has 0 saturated heterocycles. The Labute approximate surface area is 116 Å². The quantitative estimate of drug-likeness (QED) is 0.621. The van der Waals surface area contributed by atoms with E-state index in [0.29, 0.717) is 0 Å². The number of aryl methyl sites for hydroxylation is 1. The Morgan fingerprint density at radius 2 is 1.67 bits per heavy atom. The molecule has 0 aliphatic heterocycles. The van der Waals surface area contributed by atoms with Crippen LogP contribution in [-0.4, -0.2) is 0 Å². The molecule has 0 heterocycles. The monoisotopic (exact) mass is 260 g/mol. The zero-order chi connectivity index (χ0) is 13.5. The molecule has 1 rings (SSSR count). The van der Waals surface area contributed by atoms with Gasteiger partial charge in [0.25, 0.3) is 0 Å². The van der Waals surface area contributed by atoms with Crippen molar-refractivity contribution in [1.29, 1.82) is 0 Å². The third kappa shape index (κ3) is 4.38. The maximum absolute atomic E-state index is 2.27. The van der Waals surface area contributed by atoms with E-state index in [1.807, 2.05) is 11.8 Å². The van der Waals surface area contributed by atoms with Gasteiger partial charge in [0, 0.05) is 4.91 Å². The predicted molar refractivity (Wildman–Crippen MR) is 85.7 cm³/mol. The van der Waals surface area contributed by atoms with Crippen LogP contribution in [0, 0.1) is 0 Å². The molecule has 18 heavy (non-hydrogen) atoms. The van der Waals surface area contributed by atoms with Gasteiger partial charge in [-0.15, -0.1) is 0 Å². The minimum atomic E-state index is 1.10. The summed E-state index contributed by atoms with van der Waals surface area (Å²) in [6.07, 6.45) is 2.23. The van der Waals surface area contributed by atoms with E-state index in [4.69, 9.17) is 0 Å². The van der Waals surface area contributed by atoms with Crippen molar-refractivity contribution in [3.05, 3.63) is 51.9 Å². The Morgan fingerprint density at radius 3 is 2.11 bits per heavy atom. The van der Waals surface area contributed by atoms with Crippen LogP contribution in [0.25, 0.3) is 4.91 Å². The topological polar surface area (TPSA) is 0 Å². The van der Waals surface area contributed by atoms with E-state index in [-0.39, 0.29) is 0 Å². The van der Waals surface area contributed by atoms with Gasteiger partial charge in [-0.25, -0.2) is 0 Å². The first kappa shape index (κ1) is 15.1. The molecule has 0 aromatic heterocycles. The Hall–Kier alpha value is -0.950. The SMILES string of the molecule is CCC(C)=CSC(=C(C)C)c1ccc(CC)cc1. The third-order valence-electron chi connectivity index (χ3n) is 3.01. The zero-order valence-corrected chi connectivity index (χ0v) is 13.0. The van der Waals surface area contributed by atoms with Gasteiger partial charge in [-0.1, -0.05) is 61.0 Å². The summed E-state index contributed by atoms with van der Waals surface area (Å²) in [5.74, 6) is 0. The lowest BCUT2D eigenvalue weighted by atomic mass is 10.1. The summed E-state index contributed by atoms with van der Waals surface area (Å²) < 4.78 is 0. The molecule has 0 saturated carbocycles. The minimum Gasteiger partial charge on any atom is -0.0976 e. The fourth-order valence-corrected chi connectivity index (χ4v) is 2.60. The van der Waals surface area contributed by atoms with Crippen LogP contribution in [0.1, 0.15) is 52.2 Å². The lowest BCUT2D eigenvalue weighted by molar-refractivity contribution is 1.11. The number of benzene rings is 1. The van der Waals surface area contributed by atoms with E-state index in [1.165, 1.54) is 27.2 Å². The number of allylic oxidation sites excluding steroid dienone is 2. The standard InChI is InChI=1S/C17H24S/c1-6-14(5)12-18-17(13(3)4)16-10-8-15(7-2)9-11-16/h8-12H,6-7H2,1-5H3. The minimum absolute atomic E-state index is 1.10. The predicted octanol–water partition coefficient (Wildman–Crippen LogP) is 6.05. The van der Waals surface area contributed by atoms with Crippen molar-refractivity contribution in [2.45, 2.75) is 47.5 Å². The molecule has 1 aromatic rings. The summed E-state index contributed by atoms with van der Waals surface area (Å²) in [6, 6.07) is 8.94. The van der Waals surface area contributed by atoms with Crippen LogP contribution in [0.5, 0.6) is 0 Å². The Kier molecular flexibility index (Phi) is 6.28. The van der Waals surface area contributed by atoms with Crippen LogP contribution in [0.15, 0.2) is 40.8 Å². The van der Waals surface area contributed by atoms with Crippen molar-refractivity contribution in [3.63, 3.8) is 0 Å². The summed E-state index contributed by atoms with van der Waals surface area (Å²) in [4.78, 5) is 1.38. The molecule has 98 valence electrons. The third-order valence-corrected chi connectivity index (χ3v) is 4.41.